The first-order valence-corrected chi connectivity index (χ1v) is 13.7. The Hall–Kier alpha value is -5.05. The minimum absolute atomic E-state index is 0.278. The molecule has 0 unspecified atom stereocenters. The lowest BCUT2D eigenvalue weighted by Gasteiger charge is -2.19. The largest absolute Gasteiger partial charge is 0.573 e. The van der Waals surface area contributed by atoms with E-state index in [2.05, 4.69) is 35.4 Å². The monoisotopic (exact) mass is 587 g/mol. The first-order valence-electron chi connectivity index (χ1n) is 11.8. The van der Waals surface area contributed by atoms with Gasteiger partial charge in [0.1, 0.15) is 11.6 Å². The summed E-state index contributed by atoms with van der Waals surface area (Å²) >= 11 is 0. The molecule has 0 atom stereocenters. The molecule has 1 aromatic heterocycles. The van der Waals surface area contributed by atoms with E-state index in [0.29, 0.717) is 28.8 Å². The van der Waals surface area contributed by atoms with Gasteiger partial charge in [-0.25, -0.2) is 18.2 Å². The van der Waals surface area contributed by atoms with Crippen LogP contribution in [-0.4, -0.2) is 44.1 Å². The Kier molecular flexibility index (Phi) is 8.47. The zero-order chi connectivity index (χ0) is 29.6. The fraction of sp³-hybridized carbons (Fsp3) is 0.115. The molecule has 41 heavy (non-hydrogen) atoms. The number of ether oxygens (including phenoxy) is 1. The maximum atomic E-state index is 12.3. The quantitative estimate of drug-likeness (QED) is 0.190. The zero-order valence-electron chi connectivity index (χ0n) is 21.6. The molecule has 0 saturated carbocycles. The number of hydrogen-bond donors (Lipinski definition) is 4. The highest BCUT2D eigenvalue weighted by Gasteiger charge is 2.31. The van der Waals surface area contributed by atoms with Crippen molar-refractivity contribution in [1.29, 1.82) is 0 Å². The number of carbonyl (C=O) groups is 1. The molecule has 0 spiro atoms. The fourth-order valence-corrected chi connectivity index (χ4v) is 4.09. The summed E-state index contributed by atoms with van der Waals surface area (Å²) in [7, 11) is -1.63. The standard InChI is InChI=1S/C26H24F3N7O4S/c1-36(23-14-15-30-24(34-23)31-19-4-3-5-20(16-19)35-41(2,38)39)21-10-6-17(7-11-21)32-25(37)33-18-8-12-22(13-9-18)40-26(27,28)29/h3-16,35H,1-2H3,(H,30,31,34)(H2,32,33,37). The van der Waals surface area contributed by atoms with Gasteiger partial charge in [0.05, 0.1) is 11.9 Å². The highest BCUT2D eigenvalue weighted by atomic mass is 32.2. The second-order valence-electron chi connectivity index (χ2n) is 8.58. The minimum Gasteiger partial charge on any atom is -0.406 e. The molecule has 4 N–H and O–H groups in total. The number of benzene rings is 3. The summed E-state index contributed by atoms with van der Waals surface area (Å²) in [5.41, 5.74) is 2.48. The van der Waals surface area contributed by atoms with E-state index in [1.54, 1.807) is 72.7 Å². The molecule has 214 valence electrons. The molecule has 1 heterocycles. The van der Waals surface area contributed by atoms with Crippen molar-refractivity contribution in [3.05, 3.63) is 85.1 Å². The molecule has 0 bridgehead atoms. The van der Waals surface area contributed by atoms with E-state index in [4.69, 9.17) is 0 Å². The molecule has 4 rings (SSSR count). The molecule has 2 amide bonds. The number of anilines is 7. The van der Waals surface area contributed by atoms with Crippen molar-refractivity contribution in [3.63, 3.8) is 0 Å². The van der Waals surface area contributed by atoms with E-state index in [9.17, 15) is 26.4 Å². The SMILES string of the molecule is CN(c1ccc(NC(=O)Nc2ccc(OC(F)(F)F)cc2)cc1)c1ccnc(Nc2cccc(NS(C)(=O)=O)c2)n1. The van der Waals surface area contributed by atoms with Crippen molar-refractivity contribution in [3.8, 4) is 5.75 Å². The van der Waals surface area contributed by atoms with Gasteiger partial charge in [-0.3, -0.25) is 4.72 Å². The number of urea groups is 1. The number of nitrogens with one attached hydrogen (secondary N) is 4. The van der Waals surface area contributed by atoms with Gasteiger partial charge in [0.15, 0.2) is 0 Å². The number of rotatable bonds is 9. The van der Waals surface area contributed by atoms with E-state index in [1.807, 2.05) is 0 Å². The summed E-state index contributed by atoms with van der Waals surface area (Å²) in [6.07, 6.45) is -2.16. The molecular formula is C26H24F3N7O4S. The highest BCUT2D eigenvalue weighted by Crippen LogP contribution is 2.26. The molecule has 4 aromatic rings. The Balaban J connectivity index is 1.36. The molecule has 0 saturated heterocycles. The molecule has 15 heteroatoms. The third-order valence-electron chi connectivity index (χ3n) is 5.26. The summed E-state index contributed by atoms with van der Waals surface area (Å²) in [4.78, 5) is 22.8. The zero-order valence-corrected chi connectivity index (χ0v) is 22.4. The van der Waals surface area contributed by atoms with Crippen LogP contribution in [0.4, 0.5) is 58.2 Å². The lowest BCUT2D eigenvalue weighted by Crippen LogP contribution is -2.20. The number of amides is 2. The van der Waals surface area contributed by atoms with E-state index >= 15 is 0 Å². The second-order valence-corrected chi connectivity index (χ2v) is 10.3. The van der Waals surface area contributed by atoms with Gasteiger partial charge in [-0.15, -0.1) is 13.2 Å². The molecule has 0 aliphatic rings. The van der Waals surface area contributed by atoms with Gasteiger partial charge in [0.2, 0.25) is 16.0 Å². The van der Waals surface area contributed by atoms with Gasteiger partial charge in [-0.1, -0.05) is 6.07 Å². The lowest BCUT2D eigenvalue weighted by atomic mass is 10.2. The van der Waals surface area contributed by atoms with E-state index in [0.717, 1.165) is 24.1 Å². The van der Waals surface area contributed by atoms with Crippen LogP contribution in [0.2, 0.25) is 0 Å². The Morgan fingerprint density at radius 2 is 1.49 bits per heavy atom. The average molecular weight is 588 g/mol. The molecule has 0 radical (unpaired) electrons. The predicted octanol–water partition coefficient (Wildman–Crippen LogP) is 5.90. The summed E-state index contributed by atoms with van der Waals surface area (Å²) < 4.78 is 66.1. The maximum Gasteiger partial charge on any atom is 0.573 e. The number of aromatic nitrogens is 2. The average Bonchev–Trinajstić information content (AvgIpc) is 2.88. The fourth-order valence-electron chi connectivity index (χ4n) is 3.53. The molecule has 0 aliphatic heterocycles. The van der Waals surface area contributed by atoms with Gasteiger partial charge in [-0.05, 0) is 72.8 Å². The van der Waals surface area contributed by atoms with E-state index < -0.39 is 28.2 Å². The van der Waals surface area contributed by atoms with Crippen LogP contribution in [0, 0.1) is 0 Å². The second kappa shape index (κ2) is 12.0. The van der Waals surface area contributed by atoms with Crippen LogP contribution in [0.1, 0.15) is 0 Å². The van der Waals surface area contributed by atoms with Crippen molar-refractivity contribution < 1.29 is 31.1 Å². The van der Waals surface area contributed by atoms with Crippen molar-refractivity contribution in [2.75, 3.05) is 38.9 Å². The highest BCUT2D eigenvalue weighted by molar-refractivity contribution is 7.92. The van der Waals surface area contributed by atoms with Crippen LogP contribution < -0.4 is 30.3 Å². The number of nitrogens with zero attached hydrogens (tertiary/aromatic N) is 3. The Morgan fingerprint density at radius 3 is 2.10 bits per heavy atom. The summed E-state index contributed by atoms with van der Waals surface area (Å²) in [5.74, 6) is 0.453. The Bertz CT molecular complexity index is 1620. The summed E-state index contributed by atoms with van der Waals surface area (Å²) in [5, 5.41) is 8.22. The molecule has 0 aliphatic carbocycles. The number of sulfonamides is 1. The van der Waals surface area contributed by atoms with Crippen LogP contribution in [0.5, 0.6) is 5.75 Å². The van der Waals surface area contributed by atoms with E-state index in [1.165, 1.54) is 12.1 Å². The van der Waals surface area contributed by atoms with Crippen LogP contribution in [0.15, 0.2) is 85.1 Å². The van der Waals surface area contributed by atoms with Crippen LogP contribution in [0.25, 0.3) is 0 Å². The topological polar surface area (TPSA) is 138 Å². The normalized spacial score (nSPS) is 11.3. The van der Waals surface area contributed by atoms with Gasteiger partial charge < -0.3 is 25.6 Å². The Morgan fingerprint density at radius 1 is 0.878 bits per heavy atom. The van der Waals surface area contributed by atoms with Gasteiger partial charge in [0.25, 0.3) is 0 Å². The van der Waals surface area contributed by atoms with Crippen LogP contribution in [-0.2, 0) is 10.0 Å². The first kappa shape index (κ1) is 28.9. The smallest absolute Gasteiger partial charge is 0.406 e. The Labute approximate surface area is 233 Å². The maximum absolute atomic E-state index is 12.3. The van der Waals surface area contributed by atoms with E-state index in [-0.39, 0.29) is 5.69 Å². The third-order valence-corrected chi connectivity index (χ3v) is 5.87. The van der Waals surface area contributed by atoms with Gasteiger partial charge in [0, 0.05) is 36.0 Å². The van der Waals surface area contributed by atoms with Crippen LogP contribution >= 0.6 is 0 Å². The molecule has 3 aromatic carbocycles. The van der Waals surface area contributed by atoms with Crippen molar-refractivity contribution in [2.45, 2.75) is 6.36 Å². The van der Waals surface area contributed by atoms with Crippen molar-refractivity contribution in [1.82, 2.24) is 9.97 Å². The first-order chi connectivity index (χ1) is 19.3. The minimum atomic E-state index is -4.80. The molecule has 0 fully saturated rings. The molecular weight excluding hydrogens is 563 g/mol. The van der Waals surface area contributed by atoms with Gasteiger partial charge >= 0.3 is 12.4 Å². The van der Waals surface area contributed by atoms with Crippen molar-refractivity contribution in [2.24, 2.45) is 0 Å². The lowest BCUT2D eigenvalue weighted by molar-refractivity contribution is -0.274. The number of halogens is 3. The number of hydrogen-bond acceptors (Lipinski definition) is 8. The van der Waals surface area contributed by atoms with Gasteiger partial charge in [-0.2, -0.15) is 4.98 Å². The molecule has 11 nitrogen and oxygen atoms in total. The predicted molar refractivity (Wildman–Crippen MR) is 150 cm³/mol. The summed E-state index contributed by atoms with van der Waals surface area (Å²) in [6.45, 7) is 0. The number of alkyl halides is 3. The number of carbonyl (C=O) groups excluding carboxylic acids is 1. The third kappa shape index (κ3) is 8.99. The van der Waals surface area contributed by atoms with Crippen LogP contribution in [0.3, 0.4) is 0 Å². The van der Waals surface area contributed by atoms with Crippen molar-refractivity contribution >= 4 is 56.3 Å². The summed E-state index contributed by atoms with van der Waals surface area (Å²) in [6, 6.07) is 19.4.